The summed E-state index contributed by atoms with van der Waals surface area (Å²) < 4.78 is 62.5. The number of pyridine rings is 1. The van der Waals surface area contributed by atoms with Gasteiger partial charge in [-0.2, -0.15) is 0 Å². The van der Waals surface area contributed by atoms with Gasteiger partial charge in [0.2, 0.25) is 5.91 Å². The van der Waals surface area contributed by atoms with Gasteiger partial charge in [0, 0.05) is 48.0 Å². The monoisotopic (exact) mass is 618 g/mol. The fourth-order valence-electron chi connectivity index (χ4n) is 5.45. The largest absolute Gasteiger partial charge is 0.379 e. The van der Waals surface area contributed by atoms with Crippen LogP contribution in [0.2, 0.25) is 0 Å². The molecule has 1 fully saturated rings. The van der Waals surface area contributed by atoms with Crippen LogP contribution in [0.25, 0.3) is 22.0 Å². The van der Waals surface area contributed by atoms with Gasteiger partial charge in [-0.25, -0.2) is 21.7 Å². The Morgan fingerprint density at radius 1 is 0.977 bits per heavy atom. The number of carbonyl (C=O) groups is 1. The highest BCUT2D eigenvalue weighted by Gasteiger charge is 2.23. The van der Waals surface area contributed by atoms with E-state index in [9.17, 15) is 22.2 Å². The maximum Gasteiger partial charge on any atom is 0.225 e. The fraction of sp³-hybridized carbons (Fsp3) is 0.212. The summed E-state index contributed by atoms with van der Waals surface area (Å²) in [5, 5.41) is 3.59. The van der Waals surface area contributed by atoms with Crippen molar-refractivity contribution in [1.82, 2.24) is 19.6 Å². The van der Waals surface area contributed by atoms with Crippen molar-refractivity contribution in [1.29, 1.82) is 0 Å². The molecule has 0 aliphatic carbocycles. The maximum absolute atomic E-state index is 14.1. The molecule has 0 radical (unpaired) electrons. The number of morpholine rings is 1. The Morgan fingerprint density at radius 2 is 1.73 bits per heavy atom. The molecule has 3 heterocycles. The van der Waals surface area contributed by atoms with Crippen LogP contribution in [0.15, 0.2) is 90.1 Å². The van der Waals surface area contributed by atoms with Gasteiger partial charge < -0.3 is 15.0 Å². The lowest BCUT2D eigenvalue weighted by molar-refractivity contribution is -0.121. The van der Waals surface area contributed by atoms with Crippen LogP contribution in [0.3, 0.4) is 0 Å². The molecule has 6 rings (SSSR count). The molecule has 1 amide bonds. The van der Waals surface area contributed by atoms with Gasteiger partial charge >= 0.3 is 0 Å². The van der Waals surface area contributed by atoms with Gasteiger partial charge in [0.05, 0.1) is 36.3 Å². The van der Waals surface area contributed by atoms with Gasteiger partial charge in [0.1, 0.15) is 28.4 Å². The molecule has 5 aromatic rings. The van der Waals surface area contributed by atoms with Crippen LogP contribution in [0, 0.1) is 17.5 Å². The number of halogens is 3. The average molecular weight is 619 g/mol. The minimum absolute atomic E-state index is 0.0539. The number of hydrogen-bond donors (Lipinski definition) is 2. The summed E-state index contributed by atoms with van der Waals surface area (Å²) >= 11 is 0. The fourth-order valence-corrected chi connectivity index (χ4v) is 6.60. The number of ether oxygens (including phenoxy) is 1. The average Bonchev–Trinajstić information content (AvgIpc) is 3.41. The van der Waals surface area contributed by atoms with E-state index in [1.54, 1.807) is 36.7 Å². The molecule has 2 aromatic heterocycles. The van der Waals surface area contributed by atoms with Crippen LogP contribution in [-0.2, 0) is 33.4 Å². The first-order chi connectivity index (χ1) is 21.3. The molecule has 2 unspecified atom stereocenters. The van der Waals surface area contributed by atoms with Crippen LogP contribution in [-0.4, -0.2) is 50.7 Å². The maximum atomic E-state index is 14.1. The Kier molecular flexibility index (Phi) is 8.87. The molecular formula is C33H29F3N4O3S. The Balaban J connectivity index is 1.30. The predicted octanol–water partition coefficient (Wildman–Crippen LogP) is 5.64. The van der Waals surface area contributed by atoms with Gasteiger partial charge in [0.15, 0.2) is 0 Å². The summed E-state index contributed by atoms with van der Waals surface area (Å²) in [7, 11) is -1.33. The zero-order valence-electron chi connectivity index (χ0n) is 23.6. The number of aromatic nitrogens is 2. The smallest absolute Gasteiger partial charge is 0.225 e. The molecule has 1 aliphatic rings. The highest BCUT2D eigenvalue weighted by molar-refractivity contribution is 7.82. The predicted molar refractivity (Wildman–Crippen MR) is 161 cm³/mol. The first-order valence-electron chi connectivity index (χ1n) is 14.1. The van der Waals surface area contributed by atoms with Crippen molar-refractivity contribution in [2.75, 3.05) is 26.3 Å². The van der Waals surface area contributed by atoms with Crippen LogP contribution in [0.5, 0.6) is 0 Å². The Hall–Kier alpha value is -4.32. The number of benzene rings is 3. The van der Waals surface area contributed by atoms with E-state index in [2.05, 4.69) is 15.3 Å². The van der Waals surface area contributed by atoms with E-state index in [-0.39, 0.29) is 18.7 Å². The minimum atomic E-state index is -1.33. The van der Waals surface area contributed by atoms with Gasteiger partial charge in [0.25, 0.3) is 0 Å². The summed E-state index contributed by atoms with van der Waals surface area (Å²) in [5.41, 5.74) is 3.62. The third kappa shape index (κ3) is 6.75. The third-order valence-electron chi connectivity index (χ3n) is 7.52. The summed E-state index contributed by atoms with van der Waals surface area (Å²) in [4.78, 5) is 21.7. The first-order valence-corrected chi connectivity index (χ1v) is 15.2. The van der Waals surface area contributed by atoms with E-state index in [0.29, 0.717) is 64.5 Å². The lowest BCUT2D eigenvalue weighted by Crippen LogP contribution is -2.37. The van der Waals surface area contributed by atoms with E-state index in [1.165, 1.54) is 24.3 Å². The number of nitrogens with one attached hydrogen (secondary N) is 2. The molecule has 0 spiro atoms. The number of fused-ring (bicyclic) bond motifs is 1. The van der Waals surface area contributed by atoms with E-state index >= 15 is 0 Å². The molecule has 3 aromatic carbocycles. The lowest BCUT2D eigenvalue weighted by atomic mass is 9.95. The number of nitrogens with zero attached hydrogens (tertiary/aromatic N) is 2. The molecule has 7 nitrogen and oxygen atoms in total. The van der Waals surface area contributed by atoms with Crippen LogP contribution >= 0.6 is 0 Å². The van der Waals surface area contributed by atoms with E-state index < -0.39 is 34.5 Å². The molecular weight excluding hydrogens is 589 g/mol. The molecule has 1 aliphatic heterocycles. The highest BCUT2D eigenvalue weighted by atomic mass is 32.2. The Bertz CT molecular complexity index is 1800. The summed E-state index contributed by atoms with van der Waals surface area (Å²) in [6.07, 6.45) is 3.26. The van der Waals surface area contributed by atoms with Crippen LogP contribution < -0.4 is 5.32 Å². The number of rotatable bonds is 9. The van der Waals surface area contributed by atoms with Gasteiger partial charge in [-0.05, 0) is 71.6 Å². The van der Waals surface area contributed by atoms with E-state index in [1.807, 2.05) is 22.5 Å². The second kappa shape index (κ2) is 13.1. The summed E-state index contributed by atoms with van der Waals surface area (Å²) in [5.74, 6) is -2.24. The zero-order chi connectivity index (χ0) is 30.6. The van der Waals surface area contributed by atoms with Gasteiger partial charge in [-0.15, -0.1) is 0 Å². The third-order valence-corrected chi connectivity index (χ3v) is 9.03. The summed E-state index contributed by atoms with van der Waals surface area (Å²) in [6.45, 7) is 2.22. The van der Waals surface area contributed by atoms with Crippen LogP contribution in [0.4, 0.5) is 13.2 Å². The van der Waals surface area contributed by atoms with Crippen molar-refractivity contribution in [2.24, 2.45) is 0 Å². The minimum Gasteiger partial charge on any atom is -0.379 e. The van der Waals surface area contributed by atoms with Crippen molar-refractivity contribution < 1.29 is 26.9 Å². The number of hydrogen-bond acceptors (Lipinski definition) is 4. The van der Waals surface area contributed by atoms with Crippen molar-refractivity contribution in [3.8, 4) is 11.1 Å². The van der Waals surface area contributed by atoms with Crippen LogP contribution in [0.1, 0.15) is 22.9 Å². The SMILES string of the molecule is O=C(Cc1c[nH]c2ccc(F)cc12)NC(Cc1cc(F)cc(F)c1)c1ncccc1-c1ccc(S(=O)N2CCOCC2)cc1. The molecule has 2 atom stereocenters. The van der Waals surface area contributed by atoms with Crippen molar-refractivity contribution in [2.45, 2.75) is 23.8 Å². The Labute approximate surface area is 254 Å². The highest BCUT2D eigenvalue weighted by Crippen LogP contribution is 2.30. The van der Waals surface area contributed by atoms with Crippen molar-refractivity contribution >= 4 is 27.8 Å². The van der Waals surface area contributed by atoms with Crippen molar-refractivity contribution in [3.63, 3.8) is 0 Å². The lowest BCUT2D eigenvalue weighted by Gasteiger charge is -2.25. The molecule has 1 saturated heterocycles. The number of H-pyrrole nitrogens is 1. The second-order valence-corrected chi connectivity index (χ2v) is 12.0. The molecule has 226 valence electrons. The van der Waals surface area contributed by atoms with Crippen molar-refractivity contribution in [3.05, 3.63) is 119 Å². The first kappa shape index (κ1) is 29.7. The number of amides is 1. The Morgan fingerprint density at radius 3 is 2.48 bits per heavy atom. The number of carbonyl (C=O) groups excluding carboxylic acids is 1. The number of aromatic amines is 1. The van der Waals surface area contributed by atoms with E-state index in [0.717, 1.165) is 11.6 Å². The molecule has 11 heteroatoms. The van der Waals surface area contributed by atoms with Gasteiger partial charge in [-0.3, -0.25) is 9.78 Å². The molecule has 0 bridgehead atoms. The summed E-state index contributed by atoms with van der Waals surface area (Å²) in [6, 6.07) is 17.7. The molecule has 0 saturated carbocycles. The molecule has 2 N–H and O–H groups in total. The molecule has 44 heavy (non-hydrogen) atoms. The van der Waals surface area contributed by atoms with E-state index in [4.69, 9.17) is 4.74 Å². The van der Waals surface area contributed by atoms with Gasteiger partial charge in [-0.1, -0.05) is 18.2 Å². The normalized spacial score (nSPS) is 15.2. The second-order valence-electron chi connectivity index (χ2n) is 10.5. The topological polar surface area (TPSA) is 87.3 Å². The quantitative estimate of drug-likeness (QED) is 0.224. The zero-order valence-corrected chi connectivity index (χ0v) is 24.4. The standard InChI is InChI=1S/C33H29F3N4O3S/c34-24-5-8-30-29(19-24)23(20-38-30)17-32(41)39-31(16-21-14-25(35)18-26(36)15-21)33-28(2-1-9-37-33)22-3-6-27(7-4-22)44(42)40-10-12-43-13-11-40/h1-9,14-15,18-20,31,38H,10-13,16-17H2,(H,39,41).